The van der Waals surface area contributed by atoms with Gasteiger partial charge in [0.15, 0.2) is 5.16 Å². The molecule has 6 heterocycles. The van der Waals surface area contributed by atoms with E-state index in [1.165, 1.54) is 18.2 Å². The summed E-state index contributed by atoms with van der Waals surface area (Å²) in [6.45, 7) is 3.07. The number of hydrogen-bond donors (Lipinski definition) is 3. The summed E-state index contributed by atoms with van der Waals surface area (Å²) in [4.78, 5) is 26.1. The summed E-state index contributed by atoms with van der Waals surface area (Å²) in [5.41, 5.74) is 4.74. The van der Waals surface area contributed by atoms with Gasteiger partial charge >= 0.3 is 0 Å². The molecule has 2 bridgehead atoms. The number of pyridine rings is 2. The molecule has 2 aliphatic rings. The van der Waals surface area contributed by atoms with E-state index >= 15 is 0 Å². The molecule has 34 heavy (non-hydrogen) atoms. The van der Waals surface area contributed by atoms with Gasteiger partial charge in [-0.2, -0.15) is 0 Å². The Kier molecular flexibility index (Phi) is 4.59. The molecule has 0 spiro atoms. The maximum Gasteiger partial charge on any atom is 0.196 e. The van der Waals surface area contributed by atoms with Crippen LogP contribution in [0, 0.1) is 5.92 Å². The lowest BCUT2D eigenvalue weighted by molar-refractivity contribution is 0.472. The van der Waals surface area contributed by atoms with Crippen LogP contribution >= 0.6 is 11.8 Å². The zero-order valence-corrected chi connectivity index (χ0v) is 19.6. The number of anilines is 2. The van der Waals surface area contributed by atoms with Gasteiger partial charge in [-0.25, -0.2) is 9.97 Å². The molecule has 170 valence electrons. The van der Waals surface area contributed by atoms with E-state index < -0.39 is 0 Å². The molecule has 4 aromatic heterocycles. The molecule has 2 aliphatic heterocycles. The van der Waals surface area contributed by atoms with Gasteiger partial charge < -0.3 is 20.5 Å². The predicted octanol–water partition coefficient (Wildman–Crippen LogP) is 4.05. The molecule has 7 rings (SSSR count). The summed E-state index contributed by atoms with van der Waals surface area (Å²) in [5, 5.41) is 9.92. The van der Waals surface area contributed by atoms with Gasteiger partial charge in [0.2, 0.25) is 0 Å². The fourth-order valence-electron chi connectivity index (χ4n) is 5.37. The number of H-pyrrole nitrogens is 1. The second-order valence-electron chi connectivity index (χ2n) is 9.08. The van der Waals surface area contributed by atoms with Crippen molar-refractivity contribution in [1.82, 2.24) is 30.2 Å². The largest absolute Gasteiger partial charge is 0.386 e. The maximum atomic E-state index is 5.14. The summed E-state index contributed by atoms with van der Waals surface area (Å²) >= 11 is 1.53. The molecule has 2 saturated heterocycles. The maximum absolute atomic E-state index is 5.14. The number of nitrogens with one attached hydrogen (secondary N) is 3. The number of fused-ring (bicyclic) bond motifs is 6. The van der Waals surface area contributed by atoms with E-state index in [1.807, 2.05) is 25.4 Å². The average molecular weight is 469 g/mol. The van der Waals surface area contributed by atoms with E-state index in [4.69, 9.17) is 9.97 Å². The highest BCUT2D eigenvalue weighted by molar-refractivity contribution is 7.99. The number of aromatic nitrogens is 5. The standard InChI is InChI=1S/C25H24N8S/c1-26-19-5-2-4-17-21-23(30-22(17)19)31-25(32-24(21)33-12-14-8-15(13-33)28-10-14)34-16-9-20-18(29-11-16)6-3-7-27-20/h2-7,9,11,14-15,26,28H,8,10,12-13H2,1H3,(H,30,31,32). The summed E-state index contributed by atoms with van der Waals surface area (Å²) in [7, 11) is 1.95. The molecule has 9 heteroatoms. The van der Waals surface area contributed by atoms with Gasteiger partial charge in [-0.15, -0.1) is 0 Å². The molecule has 0 aliphatic carbocycles. The Balaban J connectivity index is 1.38. The van der Waals surface area contributed by atoms with Crippen LogP contribution in [0.5, 0.6) is 0 Å². The minimum Gasteiger partial charge on any atom is -0.386 e. The van der Waals surface area contributed by atoms with E-state index in [2.05, 4.69) is 54.8 Å². The van der Waals surface area contributed by atoms with Crippen molar-refractivity contribution in [3.63, 3.8) is 0 Å². The molecule has 0 radical (unpaired) electrons. The third-order valence-corrected chi connectivity index (χ3v) is 7.71. The monoisotopic (exact) mass is 468 g/mol. The summed E-state index contributed by atoms with van der Waals surface area (Å²) in [6.07, 6.45) is 4.92. The molecule has 8 nitrogen and oxygen atoms in total. The topological polar surface area (TPSA) is 94.7 Å². The van der Waals surface area contributed by atoms with Crippen molar-refractivity contribution in [3.05, 3.63) is 48.8 Å². The van der Waals surface area contributed by atoms with E-state index in [0.29, 0.717) is 17.1 Å². The van der Waals surface area contributed by atoms with Gasteiger partial charge in [0.05, 0.1) is 27.6 Å². The van der Waals surface area contributed by atoms with Crippen molar-refractivity contribution in [1.29, 1.82) is 0 Å². The van der Waals surface area contributed by atoms with E-state index in [0.717, 1.165) is 69.0 Å². The van der Waals surface area contributed by atoms with Crippen LogP contribution in [0.4, 0.5) is 11.5 Å². The van der Waals surface area contributed by atoms with Gasteiger partial charge in [0.1, 0.15) is 11.5 Å². The van der Waals surface area contributed by atoms with Gasteiger partial charge in [-0.1, -0.05) is 12.1 Å². The lowest BCUT2D eigenvalue weighted by atomic mass is 9.99. The first kappa shape index (κ1) is 20.0. The number of nitrogens with zero attached hydrogens (tertiary/aromatic N) is 5. The van der Waals surface area contributed by atoms with E-state index in [1.54, 1.807) is 6.20 Å². The second-order valence-corrected chi connectivity index (χ2v) is 10.1. The molecule has 0 saturated carbocycles. The fourth-order valence-corrected chi connectivity index (χ4v) is 6.12. The summed E-state index contributed by atoms with van der Waals surface area (Å²) in [5.74, 6) is 1.67. The molecule has 5 aromatic rings. The first-order valence-corrected chi connectivity index (χ1v) is 12.4. The number of hydrogen-bond acceptors (Lipinski definition) is 8. The zero-order chi connectivity index (χ0) is 22.6. The molecule has 0 amide bonds. The van der Waals surface area contributed by atoms with Crippen molar-refractivity contribution in [2.24, 2.45) is 5.92 Å². The second kappa shape index (κ2) is 7.82. The SMILES string of the molecule is CNc1cccc2c1[nH]c1nc(Sc3cnc4cccnc4c3)nc(N3CC4CNC(C4)C3)c12. The third kappa shape index (κ3) is 3.26. The Bertz CT molecular complexity index is 1530. The molecule has 1 aromatic carbocycles. The van der Waals surface area contributed by atoms with Crippen molar-refractivity contribution >= 4 is 56.2 Å². The Labute approximate surface area is 200 Å². The van der Waals surface area contributed by atoms with Crippen LogP contribution in [-0.2, 0) is 0 Å². The summed E-state index contributed by atoms with van der Waals surface area (Å²) < 4.78 is 0. The van der Waals surface area contributed by atoms with Crippen LogP contribution in [-0.4, -0.2) is 57.6 Å². The van der Waals surface area contributed by atoms with Crippen molar-refractivity contribution in [3.8, 4) is 0 Å². The average Bonchev–Trinajstić information content (AvgIpc) is 3.41. The predicted molar refractivity (Wildman–Crippen MR) is 137 cm³/mol. The van der Waals surface area contributed by atoms with Crippen LogP contribution in [0.2, 0.25) is 0 Å². The highest BCUT2D eigenvalue weighted by Gasteiger charge is 2.34. The number of para-hydroxylation sites is 1. The van der Waals surface area contributed by atoms with E-state index in [9.17, 15) is 0 Å². The Morgan fingerprint density at radius 2 is 2.06 bits per heavy atom. The molecule has 2 fully saturated rings. The molecular formula is C25H24N8S. The highest BCUT2D eigenvalue weighted by atomic mass is 32.2. The van der Waals surface area contributed by atoms with Crippen LogP contribution in [0.25, 0.3) is 33.0 Å². The normalized spacial score (nSPS) is 20.0. The first-order chi connectivity index (χ1) is 16.7. The Hall–Kier alpha value is -3.43. The Morgan fingerprint density at radius 1 is 1.09 bits per heavy atom. The number of aromatic amines is 1. The number of rotatable bonds is 4. The first-order valence-electron chi connectivity index (χ1n) is 11.6. The van der Waals surface area contributed by atoms with Crippen LogP contribution < -0.4 is 15.5 Å². The zero-order valence-electron chi connectivity index (χ0n) is 18.7. The molecular weight excluding hydrogens is 444 g/mol. The number of piperidine rings is 1. The van der Waals surface area contributed by atoms with Crippen LogP contribution in [0.15, 0.2) is 58.8 Å². The number of benzene rings is 1. The quantitative estimate of drug-likeness (QED) is 0.340. The Morgan fingerprint density at radius 3 is 2.97 bits per heavy atom. The minimum absolute atomic E-state index is 0.522. The lowest BCUT2D eigenvalue weighted by Gasteiger charge is -2.32. The molecule has 3 N–H and O–H groups in total. The van der Waals surface area contributed by atoms with E-state index in [-0.39, 0.29) is 0 Å². The molecule has 2 atom stereocenters. The van der Waals surface area contributed by atoms with Crippen LogP contribution in [0.3, 0.4) is 0 Å². The van der Waals surface area contributed by atoms with Crippen molar-refractivity contribution in [2.75, 3.05) is 36.9 Å². The van der Waals surface area contributed by atoms with Crippen molar-refractivity contribution in [2.45, 2.75) is 22.5 Å². The van der Waals surface area contributed by atoms with Crippen LogP contribution in [0.1, 0.15) is 6.42 Å². The third-order valence-electron chi connectivity index (χ3n) is 6.88. The van der Waals surface area contributed by atoms with Gasteiger partial charge in [-0.05, 0) is 48.4 Å². The van der Waals surface area contributed by atoms with Gasteiger partial charge in [-0.3, -0.25) is 9.97 Å². The van der Waals surface area contributed by atoms with Gasteiger partial charge in [0, 0.05) is 55.4 Å². The summed E-state index contributed by atoms with van der Waals surface area (Å²) in [6, 6.07) is 12.8. The van der Waals surface area contributed by atoms with Crippen molar-refractivity contribution < 1.29 is 0 Å². The minimum atomic E-state index is 0.522. The van der Waals surface area contributed by atoms with Gasteiger partial charge in [0.25, 0.3) is 0 Å². The lowest BCUT2D eigenvalue weighted by Crippen LogP contribution is -2.41. The fraction of sp³-hybridized carbons (Fsp3) is 0.280. The molecule has 2 unspecified atom stereocenters. The highest BCUT2D eigenvalue weighted by Crippen LogP contribution is 2.39. The smallest absolute Gasteiger partial charge is 0.196 e.